The minimum Gasteiger partial charge on any atom is -0.496 e. The first-order valence-corrected chi connectivity index (χ1v) is 6.77. The highest BCUT2D eigenvalue weighted by molar-refractivity contribution is 7.80. The normalized spacial score (nSPS) is 18.4. The average molecular weight is 299 g/mol. The number of benzene rings is 1. The Hall–Kier alpha value is -1.33. The highest BCUT2D eigenvalue weighted by Gasteiger charge is 2.32. The van der Waals surface area contributed by atoms with Gasteiger partial charge in [0.05, 0.1) is 23.7 Å². The summed E-state index contributed by atoms with van der Waals surface area (Å²) in [4.78, 5) is 14.6. The van der Waals surface area contributed by atoms with Crippen LogP contribution in [-0.2, 0) is 0 Å². The fraction of sp³-hybridized carbons (Fsp3) is 0.385. The molecule has 0 spiro atoms. The van der Waals surface area contributed by atoms with E-state index in [4.69, 9.17) is 34.3 Å². The molecule has 1 fully saturated rings. The Kier molecular flexibility index (Phi) is 4.27. The summed E-state index contributed by atoms with van der Waals surface area (Å²) in [5.41, 5.74) is 6.17. The molecule has 1 aliphatic heterocycles. The molecular weight excluding hydrogens is 284 g/mol. The number of hydrogen-bond acceptors (Lipinski definition) is 3. The third-order valence-electron chi connectivity index (χ3n) is 3.24. The molecule has 0 aromatic heterocycles. The molecular formula is C13H15ClN2O2S. The number of halogens is 1. The smallest absolute Gasteiger partial charge is 0.258 e. The molecule has 6 heteroatoms. The van der Waals surface area contributed by atoms with E-state index in [1.165, 1.54) is 7.11 Å². The Morgan fingerprint density at radius 2 is 2.32 bits per heavy atom. The third-order valence-corrected chi connectivity index (χ3v) is 3.74. The van der Waals surface area contributed by atoms with Crippen LogP contribution in [0.25, 0.3) is 0 Å². The number of rotatable bonds is 3. The number of likely N-dealkylation sites (tertiary alicyclic amines) is 1. The fourth-order valence-corrected chi connectivity index (χ4v) is 2.71. The molecule has 19 heavy (non-hydrogen) atoms. The second-order valence-corrected chi connectivity index (χ2v) is 5.31. The third kappa shape index (κ3) is 2.82. The summed E-state index contributed by atoms with van der Waals surface area (Å²) in [7, 11) is 1.51. The van der Waals surface area contributed by atoms with Crippen LogP contribution in [0.15, 0.2) is 18.2 Å². The average Bonchev–Trinajstić information content (AvgIpc) is 2.87. The highest BCUT2D eigenvalue weighted by Crippen LogP contribution is 2.27. The van der Waals surface area contributed by atoms with E-state index in [9.17, 15) is 4.79 Å². The molecule has 0 saturated carbocycles. The number of carbonyl (C=O) groups is 1. The van der Waals surface area contributed by atoms with Crippen LogP contribution in [0.4, 0.5) is 0 Å². The molecule has 1 aromatic rings. The zero-order chi connectivity index (χ0) is 14.0. The van der Waals surface area contributed by atoms with Gasteiger partial charge in [0.15, 0.2) is 0 Å². The molecule has 1 saturated heterocycles. The largest absolute Gasteiger partial charge is 0.496 e. The summed E-state index contributed by atoms with van der Waals surface area (Å²) in [6.45, 7) is 0.659. The van der Waals surface area contributed by atoms with Gasteiger partial charge in [0.1, 0.15) is 5.75 Å². The van der Waals surface area contributed by atoms with Crippen LogP contribution in [0.3, 0.4) is 0 Å². The van der Waals surface area contributed by atoms with Gasteiger partial charge in [-0.3, -0.25) is 4.79 Å². The second kappa shape index (κ2) is 5.75. The first-order chi connectivity index (χ1) is 9.04. The van der Waals surface area contributed by atoms with Crippen LogP contribution in [0, 0.1) is 0 Å². The van der Waals surface area contributed by atoms with Crippen LogP contribution in [-0.4, -0.2) is 35.5 Å². The number of methoxy groups -OCH3 is 1. The van der Waals surface area contributed by atoms with Crippen molar-refractivity contribution in [1.29, 1.82) is 0 Å². The van der Waals surface area contributed by atoms with E-state index in [0.29, 0.717) is 27.9 Å². The van der Waals surface area contributed by atoms with Crippen LogP contribution in [0.2, 0.25) is 5.02 Å². The fourth-order valence-electron chi connectivity index (χ4n) is 2.30. The molecule has 0 radical (unpaired) electrons. The van der Waals surface area contributed by atoms with Crippen LogP contribution in [0.5, 0.6) is 5.75 Å². The molecule has 1 heterocycles. The number of nitrogens with two attached hydrogens (primary N) is 1. The lowest BCUT2D eigenvalue weighted by molar-refractivity contribution is 0.0767. The van der Waals surface area contributed by atoms with Crippen LogP contribution >= 0.6 is 23.8 Å². The highest BCUT2D eigenvalue weighted by atomic mass is 35.5. The zero-order valence-corrected chi connectivity index (χ0v) is 12.1. The molecule has 0 bridgehead atoms. The Balaban J connectivity index is 2.31. The Bertz CT molecular complexity index is 521. The molecule has 1 unspecified atom stereocenters. The maximum absolute atomic E-state index is 12.5. The van der Waals surface area contributed by atoms with Gasteiger partial charge in [0, 0.05) is 11.6 Å². The minimum atomic E-state index is -0.164. The van der Waals surface area contributed by atoms with Crippen molar-refractivity contribution in [2.45, 2.75) is 18.9 Å². The van der Waals surface area contributed by atoms with E-state index >= 15 is 0 Å². The van der Waals surface area contributed by atoms with Crippen molar-refractivity contribution in [1.82, 2.24) is 4.90 Å². The van der Waals surface area contributed by atoms with Crippen molar-refractivity contribution in [3.05, 3.63) is 28.8 Å². The lowest BCUT2D eigenvalue weighted by Gasteiger charge is -2.24. The summed E-state index contributed by atoms with van der Waals surface area (Å²) in [6.07, 6.45) is 1.72. The van der Waals surface area contributed by atoms with Gasteiger partial charge < -0.3 is 15.4 Å². The van der Waals surface area contributed by atoms with Gasteiger partial charge in [-0.25, -0.2) is 0 Å². The van der Waals surface area contributed by atoms with E-state index in [0.717, 1.165) is 12.8 Å². The minimum absolute atomic E-state index is 0.121. The quantitative estimate of drug-likeness (QED) is 0.870. The predicted octanol–water partition coefficient (Wildman–Crippen LogP) is 2.24. The summed E-state index contributed by atoms with van der Waals surface area (Å²) >= 11 is 10.9. The number of ether oxygens (including phenoxy) is 1. The maximum Gasteiger partial charge on any atom is 0.258 e. The lowest BCUT2D eigenvalue weighted by atomic mass is 10.1. The van der Waals surface area contributed by atoms with E-state index in [1.54, 1.807) is 23.1 Å². The van der Waals surface area contributed by atoms with Crippen LogP contribution < -0.4 is 10.5 Å². The van der Waals surface area contributed by atoms with Crippen molar-refractivity contribution >= 4 is 34.7 Å². The summed E-state index contributed by atoms with van der Waals surface area (Å²) in [6, 6.07) is 4.80. The summed E-state index contributed by atoms with van der Waals surface area (Å²) < 4.78 is 5.21. The molecule has 1 aliphatic rings. The van der Waals surface area contributed by atoms with Gasteiger partial charge in [0.25, 0.3) is 5.91 Å². The van der Waals surface area contributed by atoms with Crippen molar-refractivity contribution in [2.24, 2.45) is 5.73 Å². The molecule has 2 rings (SSSR count). The Morgan fingerprint density at radius 3 is 2.95 bits per heavy atom. The standard InChI is InChI=1S/C13H15ClN2O2S/c1-18-11-7-8(14)4-5-9(11)13(17)16-6-2-3-10(16)12(15)19/h4-5,7,10H,2-3,6H2,1H3,(H2,15,19). The molecule has 0 aliphatic carbocycles. The Labute approximate surface area is 122 Å². The first kappa shape index (κ1) is 14.1. The van der Waals surface area contributed by atoms with E-state index in [-0.39, 0.29) is 11.9 Å². The van der Waals surface area contributed by atoms with Gasteiger partial charge in [-0.05, 0) is 31.0 Å². The SMILES string of the molecule is COc1cc(Cl)ccc1C(=O)N1CCCC1C(N)=S. The van der Waals surface area contributed by atoms with E-state index < -0.39 is 0 Å². The van der Waals surface area contributed by atoms with Gasteiger partial charge in [-0.2, -0.15) is 0 Å². The lowest BCUT2D eigenvalue weighted by Crippen LogP contribution is -2.42. The molecule has 1 atom stereocenters. The molecule has 1 amide bonds. The Morgan fingerprint density at radius 1 is 1.58 bits per heavy atom. The van der Waals surface area contributed by atoms with Gasteiger partial charge in [-0.15, -0.1) is 0 Å². The maximum atomic E-state index is 12.5. The number of thiocarbonyl (C=S) groups is 1. The van der Waals surface area contributed by atoms with E-state index in [1.807, 2.05) is 0 Å². The van der Waals surface area contributed by atoms with Crippen molar-refractivity contribution < 1.29 is 9.53 Å². The summed E-state index contributed by atoms with van der Waals surface area (Å²) in [5.74, 6) is 0.343. The first-order valence-electron chi connectivity index (χ1n) is 5.98. The van der Waals surface area contributed by atoms with Crippen molar-refractivity contribution in [2.75, 3.05) is 13.7 Å². The number of nitrogens with zero attached hydrogens (tertiary/aromatic N) is 1. The van der Waals surface area contributed by atoms with Crippen molar-refractivity contribution in [3.63, 3.8) is 0 Å². The number of carbonyl (C=O) groups excluding carboxylic acids is 1. The topological polar surface area (TPSA) is 55.6 Å². The molecule has 4 nitrogen and oxygen atoms in total. The molecule has 2 N–H and O–H groups in total. The van der Waals surface area contributed by atoms with E-state index in [2.05, 4.69) is 0 Å². The molecule has 1 aromatic carbocycles. The van der Waals surface area contributed by atoms with Gasteiger partial charge >= 0.3 is 0 Å². The number of amides is 1. The van der Waals surface area contributed by atoms with Crippen LogP contribution in [0.1, 0.15) is 23.2 Å². The van der Waals surface area contributed by atoms with Crippen molar-refractivity contribution in [3.8, 4) is 5.75 Å². The summed E-state index contributed by atoms with van der Waals surface area (Å²) in [5, 5.41) is 0.528. The second-order valence-electron chi connectivity index (χ2n) is 4.40. The van der Waals surface area contributed by atoms with Gasteiger partial charge in [-0.1, -0.05) is 23.8 Å². The molecule has 102 valence electrons. The monoisotopic (exact) mass is 298 g/mol. The number of hydrogen-bond donors (Lipinski definition) is 1. The zero-order valence-electron chi connectivity index (χ0n) is 10.6. The van der Waals surface area contributed by atoms with Gasteiger partial charge in [0.2, 0.25) is 0 Å². The predicted molar refractivity (Wildman–Crippen MR) is 78.8 cm³/mol.